The summed E-state index contributed by atoms with van der Waals surface area (Å²) in [6.07, 6.45) is 0. The second-order valence-corrected chi connectivity index (χ2v) is 6.33. The molecule has 6 nitrogen and oxygen atoms in total. The van der Waals surface area contributed by atoms with Crippen molar-refractivity contribution < 1.29 is 19.1 Å². The van der Waals surface area contributed by atoms with E-state index in [4.69, 9.17) is 16.3 Å². The van der Waals surface area contributed by atoms with Crippen molar-refractivity contribution in [1.82, 2.24) is 0 Å². The smallest absolute Gasteiger partial charge is 0.338 e. The van der Waals surface area contributed by atoms with Crippen molar-refractivity contribution >= 4 is 40.8 Å². The molecule has 0 spiro atoms. The first-order valence-electron chi connectivity index (χ1n) is 8.87. The van der Waals surface area contributed by atoms with Gasteiger partial charge in [0.2, 0.25) is 0 Å². The molecule has 28 heavy (non-hydrogen) atoms. The van der Waals surface area contributed by atoms with Crippen LogP contribution in [0, 0.1) is 0 Å². The lowest BCUT2D eigenvalue weighted by Gasteiger charge is -2.24. The molecule has 0 saturated carbocycles. The van der Waals surface area contributed by atoms with Gasteiger partial charge >= 0.3 is 5.97 Å². The standard InChI is InChI=1S/C21H19ClN2O4/c1-3-23(15-8-6-5-7-9-15)18-17(22)19(25)24(20(18)26)16-12-10-14(11-13-16)21(27)28-4-2/h5-13H,3-4H2,1-2H3. The molecule has 0 N–H and O–H groups in total. The number of imide groups is 1. The van der Waals surface area contributed by atoms with Crippen molar-refractivity contribution in [3.05, 3.63) is 70.9 Å². The van der Waals surface area contributed by atoms with Gasteiger partial charge in [-0.25, -0.2) is 9.69 Å². The van der Waals surface area contributed by atoms with Crippen molar-refractivity contribution in [3.63, 3.8) is 0 Å². The van der Waals surface area contributed by atoms with E-state index in [0.717, 1.165) is 10.6 Å². The second-order valence-electron chi connectivity index (χ2n) is 5.96. The Balaban J connectivity index is 1.91. The van der Waals surface area contributed by atoms with E-state index < -0.39 is 17.8 Å². The van der Waals surface area contributed by atoms with E-state index in [-0.39, 0.29) is 17.3 Å². The summed E-state index contributed by atoms with van der Waals surface area (Å²) in [6.45, 7) is 4.32. The first-order chi connectivity index (χ1) is 13.5. The number of rotatable bonds is 6. The summed E-state index contributed by atoms with van der Waals surface area (Å²) < 4.78 is 4.94. The van der Waals surface area contributed by atoms with Crippen molar-refractivity contribution in [1.29, 1.82) is 0 Å². The van der Waals surface area contributed by atoms with E-state index in [0.29, 0.717) is 17.8 Å². The number of hydrogen-bond donors (Lipinski definition) is 0. The number of likely N-dealkylation sites (N-methyl/N-ethyl adjacent to an activating group) is 1. The molecule has 3 rings (SSSR count). The Morgan fingerprint density at radius 1 is 1.00 bits per heavy atom. The summed E-state index contributed by atoms with van der Waals surface area (Å²) >= 11 is 6.27. The normalized spacial score (nSPS) is 13.9. The molecule has 0 bridgehead atoms. The highest BCUT2D eigenvalue weighted by atomic mass is 35.5. The van der Waals surface area contributed by atoms with E-state index in [1.165, 1.54) is 24.3 Å². The van der Waals surface area contributed by atoms with Crippen molar-refractivity contribution in [2.45, 2.75) is 13.8 Å². The Hall–Kier alpha value is -3.12. The van der Waals surface area contributed by atoms with Gasteiger partial charge in [-0.05, 0) is 50.2 Å². The van der Waals surface area contributed by atoms with Crippen LogP contribution in [0.25, 0.3) is 0 Å². The maximum absolute atomic E-state index is 13.1. The highest BCUT2D eigenvalue weighted by Gasteiger charge is 2.41. The Kier molecular flexibility index (Phi) is 5.80. The highest BCUT2D eigenvalue weighted by Crippen LogP contribution is 2.33. The van der Waals surface area contributed by atoms with Gasteiger partial charge in [0.15, 0.2) is 0 Å². The largest absolute Gasteiger partial charge is 0.462 e. The molecule has 2 amide bonds. The molecule has 7 heteroatoms. The van der Waals surface area contributed by atoms with Gasteiger partial charge in [-0.15, -0.1) is 0 Å². The third-order valence-corrected chi connectivity index (χ3v) is 4.64. The number of carbonyl (C=O) groups is 3. The van der Waals surface area contributed by atoms with E-state index in [1.807, 2.05) is 37.3 Å². The topological polar surface area (TPSA) is 66.9 Å². The molecule has 0 aromatic heterocycles. The first kappa shape index (κ1) is 19.6. The molecule has 1 heterocycles. The minimum atomic E-state index is -0.597. The SMILES string of the molecule is CCOC(=O)c1ccc(N2C(=O)C(Cl)=C(N(CC)c3ccccc3)C2=O)cc1. The Morgan fingerprint density at radius 3 is 2.21 bits per heavy atom. The summed E-state index contributed by atoms with van der Waals surface area (Å²) in [6, 6.07) is 15.3. The quantitative estimate of drug-likeness (QED) is 0.548. The van der Waals surface area contributed by atoms with E-state index in [2.05, 4.69) is 0 Å². The number of ether oxygens (including phenoxy) is 1. The summed E-state index contributed by atoms with van der Waals surface area (Å²) in [5.74, 6) is -1.57. The van der Waals surface area contributed by atoms with Gasteiger partial charge in [0, 0.05) is 12.2 Å². The predicted octanol–water partition coefficient (Wildman–Crippen LogP) is 3.71. The van der Waals surface area contributed by atoms with Crippen LogP contribution in [0.2, 0.25) is 0 Å². The number of halogens is 1. The minimum absolute atomic E-state index is 0.134. The first-order valence-corrected chi connectivity index (χ1v) is 9.25. The molecule has 1 aliphatic rings. The van der Waals surface area contributed by atoms with Gasteiger partial charge < -0.3 is 9.64 Å². The Bertz CT molecular complexity index is 939. The van der Waals surface area contributed by atoms with Gasteiger partial charge in [0.25, 0.3) is 11.8 Å². The van der Waals surface area contributed by atoms with Crippen LogP contribution in [0.3, 0.4) is 0 Å². The van der Waals surface area contributed by atoms with Gasteiger partial charge in [0.05, 0.1) is 17.9 Å². The zero-order valence-electron chi connectivity index (χ0n) is 15.5. The average Bonchev–Trinajstić information content (AvgIpc) is 2.93. The van der Waals surface area contributed by atoms with Crippen LogP contribution < -0.4 is 9.80 Å². The molecule has 0 saturated heterocycles. The minimum Gasteiger partial charge on any atom is -0.462 e. The number of nitrogens with zero attached hydrogens (tertiary/aromatic N) is 2. The van der Waals surface area contributed by atoms with E-state index >= 15 is 0 Å². The van der Waals surface area contributed by atoms with Crippen LogP contribution in [0.1, 0.15) is 24.2 Å². The molecule has 0 unspecified atom stereocenters. The fraction of sp³-hybridized carbons (Fsp3) is 0.190. The number of para-hydroxylation sites is 1. The lowest BCUT2D eigenvalue weighted by atomic mass is 10.2. The number of amides is 2. The monoisotopic (exact) mass is 398 g/mol. The van der Waals surface area contributed by atoms with Crippen molar-refractivity contribution in [2.75, 3.05) is 23.0 Å². The molecule has 0 fully saturated rings. The number of anilines is 2. The number of benzene rings is 2. The van der Waals surface area contributed by atoms with Gasteiger partial charge in [-0.2, -0.15) is 0 Å². The van der Waals surface area contributed by atoms with Crippen LogP contribution in [0.15, 0.2) is 65.3 Å². The van der Waals surface area contributed by atoms with Crippen molar-refractivity contribution in [2.24, 2.45) is 0 Å². The maximum Gasteiger partial charge on any atom is 0.338 e. The molecule has 1 aliphatic heterocycles. The molecular weight excluding hydrogens is 380 g/mol. The molecule has 0 atom stereocenters. The molecule has 2 aromatic rings. The van der Waals surface area contributed by atoms with Crippen LogP contribution >= 0.6 is 11.6 Å². The van der Waals surface area contributed by atoms with Crippen LogP contribution in [0.4, 0.5) is 11.4 Å². The zero-order valence-corrected chi connectivity index (χ0v) is 16.3. The molecule has 0 aliphatic carbocycles. The van der Waals surface area contributed by atoms with Gasteiger partial charge in [0.1, 0.15) is 10.7 Å². The lowest BCUT2D eigenvalue weighted by Crippen LogP contribution is -2.35. The van der Waals surface area contributed by atoms with E-state index in [1.54, 1.807) is 11.8 Å². The van der Waals surface area contributed by atoms with Gasteiger partial charge in [-0.1, -0.05) is 29.8 Å². The Labute approximate surface area is 167 Å². The maximum atomic E-state index is 13.1. The number of esters is 1. The van der Waals surface area contributed by atoms with Crippen LogP contribution in [-0.2, 0) is 14.3 Å². The Morgan fingerprint density at radius 2 is 1.64 bits per heavy atom. The number of carbonyl (C=O) groups excluding carboxylic acids is 3. The molecular formula is C21H19ClN2O4. The third kappa shape index (κ3) is 3.51. The summed E-state index contributed by atoms with van der Waals surface area (Å²) in [4.78, 5) is 40.3. The predicted molar refractivity (Wildman–Crippen MR) is 107 cm³/mol. The van der Waals surface area contributed by atoms with Gasteiger partial charge in [-0.3, -0.25) is 9.59 Å². The van der Waals surface area contributed by atoms with E-state index in [9.17, 15) is 14.4 Å². The average molecular weight is 399 g/mol. The van der Waals surface area contributed by atoms with Crippen molar-refractivity contribution in [3.8, 4) is 0 Å². The molecule has 2 aromatic carbocycles. The molecule has 0 radical (unpaired) electrons. The summed E-state index contributed by atoms with van der Waals surface area (Å²) in [5, 5.41) is -0.134. The molecule has 144 valence electrons. The zero-order chi connectivity index (χ0) is 20.3. The number of hydrogen-bond acceptors (Lipinski definition) is 5. The van der Waals surface area contributed by atoms with Crippen LogP contribution in [-0.4, -0.2) is 30.9 Å². The second kappa shape index (κ2) is 8.27. The van der Waals surface area contributed by atoms with Crippen LogP contribution in [0.5, 0.6) is 0 Å². The fourth-order valence-electron chi connectivity index (χ4n) is 3.00. The lowest BCUT2D eigenvalue weighted by molar-refractivity contribution is -0.120. The highest BCUT2D eigenvalue weighted by molar-refractivity contribution is 6.53. The fourth-order valence-corrected chi connectivity index (χ4v) is 3.27. The summed E-state index contributed by atoms with van der Waals surface area (Å²) in [5.41, 5.74) is 1.57. The summed E-state index contributed by atoms with van der Waals surface area (Å²) in [7, 11) is 0. The third-order valence-electron chi connectivity index (χ3n) is 4.30.